The summed E-state index contributed by atoms with van der Waals surface area (Å²) >= 11 is 0. The lowest BCUT2D eigenvalue weighted by Crippen LogP contribution is -2.34. The number of rotatable bonds is 1. The molecule has 20 heavy (non-hydrogen) atoms. The Labute approximate surface area is 112 Å². The fourth-order valence-electron chi connectivity index (χ4n) is 2.18. The molecule has 106 valence electrons. The molecule has 0 amide bonds. The van der Waals surface area contributed by atoms with E-state index in [4.69, 9.17) is 0 Å². The van der Waals surface area contributed by atoms with Crippen LogP contribution in [0.25, 0.3) is 11.5 Å². The Morgan fingerprint density at radius 3 is 2.80 bits per heavy atom. The molecular formula is C12H12F3N5. The van der Waals surface area contributed by atoms with Crippen LogP contribution in [0.1, 0.15) is 18.2 Å². The summed E-state index contributed by atoms with van der Waals surface area (Å²) < 4.78 is 39.8. The van der Waals surface area contributed by atoms with E-state index in [1.165, 1.54) is 0 Å². The van der Waals surface area contributed by atoms with Crippen molar-refractivity contribution in [3.05, 3.63) is 23.9 Å². The van der Waals surface area contributed by atoms with Crippen molar-refractivity contribution in [2.24, 2.45) is 0 Å². The van der Waals surface area contributed by atoms with Gasteiger partial charge in [0, 0.05) is 12.2 Å². The zero-order chi connectivity index (χ0) is 14.3. The first-order valence-electron chi connectivity index (χ1n) is 6.16. The van der Waals surface area contributed by atoms with Gasteiger partial charge in [0.25, 0.3) is 0 Å². The summed E-state index contributed by atoms with van der Waals surface area (Å²) in [7, 11) is 0. The molecule has 0 spiro atoms. The summed E-state index contributed by atoms with van der Waals surface area (Å²) in [6.45, 7) is 2.03. The van der Waals surface area contributed by atoms with Gasteiger partial charge in [-0.1, -0.05) is 6.07 Å². The first-order chi connectivity index (χ1) is 9.45. The summed E-state index contributed by atoms with van der Waals surface area (Å²) in [5, 5.41) is 6.80. The fourth-order valence-corrected chi connectivity index (χ4v) is 2.18. The second-order valence-corrected chi connectivity index (χ2v) is 4.64. The predicted molar refractivity (Wildman–Crippen MR) is 66.2 cm³/mol. The number of hydrogen-bond donors (Lipinski definition) is 1. The van der Waals surface area contributed by atoms with Gasteiger partial charge in [0.2, 0.25) is 11.8 Å². The van der Waals surface area contributed by atoms with Gasteiger partial charge in [-0.05, 0) is 25.5 Å². The zero-order valence-corrected chi connectivity index (χ0v) is 10.6. The van der Waals surface area contributed by atoms with E-state index in [0.29, 0.717) is 5.69 Å². The van der Waals surface area contributed by atoms with Crippen LogP contribution in [0.5, 0.6) is 0 Å². The third-order valence-electron chi connectivity index (χ3n) is 3.12. The molecule has 3 heterocycles. The number of nitrogens with zero attached hydrogens (tertiary/aromatic N) is 4. The smallest absolute Gasteiger partial charge is 0.354 e. The van der Waals surface area contributed by atoms with Gasteiger partial charge in [0.05, 0.1) is 0 Å². The molecule has 1 atom stereocenters. The molecule has 3 rings (SSSR count). The van der Waals surface area contributed by atoms with Crippen molar-refractivity contribution in [2.45, 2.75) is 25.6 Å². The van der Waals surface area contributed by atoms with Gasteiger partial charge in [-0.25, -0.2) is 9.67 Å². The van der Waals surface area contributed by atoms with Crippen molar-refractivity contribution in [3.63, 3.8) is 0 Å². The van der Waals surface area contributed by atoms with Crippen molar-refractivity contribution in [3.8, 4) is 11.5 Å². The van der Waals surface area contributed by atoms with Crippen molar-refractivity contribution < 1.29 is 13.2 Å². The topological polar surface area (TPSA) is 55.6 Å². The molecule has 1 aliphatic rings. The lowest BCUT2D eigenvalue weighted by molar-refractivity contribution is -0.171. The highest BCUT2D eigenvalue weighted by atomic mass is 19.4. The minimum atomic E-state index is -4.33. The molecular weight excluding hydrogens is 271 g/mol. The van der Waals surface area contributed by atoms with Crippen LogP contribution >= 0.6 is 0 Å². The summed E-state index contributed by atoms with van der Waals surface area (Å²) in [4.78, 5) is 8.33. The number of halogens is 3. The molecule has 0 saturated carbocycles. The van der Waals surface area contributed by atoms with E-state index in [2.05, 4.69) is 20.4 Å². The average molecular weight is 283 g/mol. The molecule has 2 aromatic rings. The first kappa shape index (κ1) is 12.9. The normalized spacial score (nSPS) is 18.5. The van der Waals surface area contributed by atoms with E-state index in [9.17, 15) is 13.2 Å². The number of nitrogens with one attached hydrogen (secondary N) is 1. The maximum Gasteiger partial charge on any atom is 0.411 e. The van der Waals surface area contributed by atoms with Crippen LogP contribution in [0.3, 0.4) is 0 Å². The lowest BCUT2D eigenvalue weighted by atomic mass is 10.2. The molecule has 0 fully saturated rings. The molecule has 1 unspecified atom stereocenters. The highest BCUT2D eigenvalue weighted by molar-refractivity contribution is 5.51. The molecule has 0 aliphatic carbocycles. The SMILES string of the molecule is Cc1cccc(-c2nc3n(n2)C(C(F)(F)F)CCN3)n1. The number of fused-ring (bicyclic) bond motifs is 1. The lowest BCUT2D eigenvalue weighted by Gasteiger charge is -2.25. The van der Waals surface area contributed by atoms with Gasteiger partial charge in [0.15, 0.2) is 6.04 Å². The number of alkyl halides is 3. The Morgan fingerprint density at radius 1 is 1.30 bits per heavy atom. The molecule has 0 radical (unpaired) electrons. The van der Waals surface area contributed by atoms with Crippen LogP contribution in [0, 0.1) is 6.92 Å². The van der Waals surface area contributed by atoms with Crippen LogP contribution in [0.2, 0.25) is 0 Å². The summed E-state index contributed by atoms with van der Waals surface area (Å²) in [5.41, 5.74) is 1.23. The van der Waals surface area contributed by atoms with Gasteiger partial charge in [0.1, 0.15) is 5.69 Å². The van der Waals surface area contributed by atoms with E-state index in [0.717, 1.165) is 10.4 Å². The van der Waals surface area contributed by atoms with Crippen molar-refractivity contribution in [1.29, 1.82) is 0 Å². The third kappa shape index (κ3) is 2.21. The molecule has 0 saturated heterocycles. The maximum absolute atomic E-state index is 13.0. The second kappa shape index (κ2) is 4.46. The van der Waals surface area contributed by atoms with Crippen LogP contribution in [-0.2, 0) is 0 Å². The van der Waals surface area contributed by atoms with Gasteiger partial charge in [-0.3, -0.25) is 0 Å². The quantitative estimate of drug-likeness (QED) is 0.874. The molecule has 1 N–H and O–H groups in total. The first-order valence-corrected chi connectivity index (χ1v) is 6.16. The summed E-state index contributed by atoms with van der Waals surface area (Å²) in [6.07, 6.45) is -4.39. The average Bonchev–Trinajstić information content (AvgIpc) is 2.81. The fraction of sp³-hybridized carbons (Fsp3) is 0.417. The molecule has 1 aliphatic heterocycles. The minimum absolute atomic E-state index is 0.0550. The number of anilines is 1. The Hall–Kier alpha value is -2.12. The Bertz CT molecular complexity index is 634. The van der Waals surface area contributed by atoms with E-state index in [1.54, 1.807) is 25.1 Å². The van der Waals surface area contributed by atoms with E-state index < -0.39 is 12.2 Å². The molecule has 2 aromatic heterocycles. The minimum Gasteiger partial charge on any atom is -0.354 e. The maximum atomic E-state index is 13.0. The van der Waals surface area contributed by atoms with Crippen LogP contribution in [0.4, 0.5) is 19.1 Å². The highest BCUT2D eigenvalue weighted by Crippen LogP contribution is 2.37. The Kier molecular flexibility index (Phi) is 2.88. The van der Waals surface area contributed by atoms with Crippen LogP contribution < -0.4 is 5.32 Å². The second-order valence-electron chi connectivity index (χ2n) is 4.64. The number of aromatic nitrogens is 4. The van der Waals surface area contributed by atoms with Crippen molar-refractivity contribution in [2.75, 3.05) is 11.9 Å². The zero-order valence-electron chi connectivity index (χ0n) is 10.6. The predicted octanol–water partition coefficient (Wildman–Crippen LogP) is 2.57. The standard InChI is InChI=1S/C12H12F3N5/c1-7-3-2-4-8(17-7)10-18-11-16-6-5-9(12(13,14)15)20(11)19-10/h2-4,9H,5-6H2,1H3,(H,16,18,19). The van der Waals surface area contributed by atoms with E-state index in [-0.39, 0.29) is 24.7 Å². The van der Waals surface area contributed by atoms with Gasteiger partial charge in [-0.2, -0.15) is 18.2 Å². The van der Waals surface area contributed by atoms with Crippen LogP contribution in [-0.4, -0.2) is 32.5 Å². The third-order valence-corrected chi connectivity index (χ3v) is 3.12. The van der Waals surface area contributed by atoms with E-state index >= 15 is 0 Å². The van der Waals surface area contributed by atoms with Gasteiger partial charge < -0.3 is 5.32 Å². The largest absolute Gasteiger partial charge is 0.411 e. The number of pyridine rings is 1. The van der Waals surface area contributed by atoms with E-state index in [1.807, 2.05) is 0 Å². The molecule has 0 bridgehead atoms. The molecule has 8 heteroatoms. The van der Waals surface area contributed by atoms with Crippen molar-refractivity contribution in [1.82, 2.24) is 19.7 Å². The van der Waals surface area contributed by atoms with Crippen LogP contribution in [0.15, 0.2) is 18.2 Å². The molecule has 0 aromatic carbocycles. The van der Waals surface area contributed by atoms with Crippen molar-refractivity contribution >= 4 is 5.95 Å². The summed E-state index contributed by atoms with van der Waals surface area (Å²) in [5.74, 6) is 0.337. The number of hydrogen-bond acceptors (Lipinski definition) is 4. The highest BCUT2D eigenvalue weighted by Gasteiger charge is 2.44. The Morgan fingerprint density at radius 2 is 2.10 bits per heavy atom. The Balaban J connectivity index is 2.04. The van der Waals surface area contributed by atoms with Gasteiger partial charge in [-0.15, -0.1) is 5.10 Å². The van der Waals surface area contributed by atoms with Gasteiger partial charge >= 0.3 is 6.18 Å². The number of aryl methyl sites for hydroxylation is 1. The monoisotopic (exact) mass is 283 g/mol. The molecule has 5 nitrogen and oxygen atoms in total. The summed E-state index contributed by atoms with van der Waals surface area (Å²) in [6, 6.07) is 3.62.